The van der Waals surface area contributed by atoms with Crippen molar-refractivity contribution in [3.05, 3.63) is 89.0 Å². The van der Waals surface area contributed by atoms with Crippen LogP contribution in [0.4, 0.5) is 0 Å². The first kappa shape index (κ1) is 22.9. The molecule has 0 bridgehead atoms. The smallest absolute Gasteiger partial charge is 0.271 e. The number of carbonyl (C=O) groups excluding carboxylic acids is 1. The molecule has 0 heterocycles. The van der Waals surface area contributed by atoms with Crippen LogP contribution < -0.4 is 19.6 Å². The van der Waals surface area contributed by atoms with Gasteiger partial charge in [0.25, 0.3) is 5.91 Å². The Hall–Kier alpha value is -3.80. The van der Waals surface area contributed by atoms with Crippen molar-refractivity contribution >= 4 is 12.1 Å². The average molecular weight is 433 g/mol. The summed E-state index contributed by atoms with van der Waals surface area (Å²) in [5.74, 6) is 1.74. The number of aryl methyl sites for hydroxylation is 2. The fourth-order valence-corrected chi connectivity index (χ4v) is 2.99. The lowest BCUT2D eigenvalue weighted by molar-refractivity contribution is 0.0955. The Bertz CT molecular complexity index is 1060. The predicted octanol–water partition coefficient (Wildman–Crippen LogP) is 4.92. The molecule has 1 amide bonds. The number of benzene rings is 3. The van der Waals surface area contributed by atoms with Crippen LogP contribution in [0.1, 0.15) is 33.5 Å². The quantitative estimate of drug-likeness (QED) is 0.280. The van der Waals surface area contributed by atoms with Gasteiger partial charge in [-0.3, -0.25) is 4.79 Å². The van der Waals surface area contributed by atoms with E-state index in [0.29, 0.717) is 42.3 Å². The fraction of sp³-hybridized carbons (Fsp3) is 0.231. The van der Waals surface area contributed by atoms with Crippen LogP contribution in [0.5, 0.6) is 17.2 Å². The molecule has 6 heteroatoms. The second-order valence-corrected chi connectivity index (χ2v) is 7.24. The molecule has 6 nitrogen and oxygen atoms in total. The van der Waals surface area contributed by atoms with Crippen LogP contribution >= 0.6 is 0 Å². The van der Waals surface area contributed by atoms with Gasteiger partial charge in [0.1, 0.15) is 5.75 Å². The number of hydrogen-bond acceptors (Lipinski definition) is 5. The zero-order chi connectivity index (χ0) is 22.8. The van der Waals surface area contributed by atoms with Crippen molar-refractivity contribution in [2.75, 3.05) is 20.3 Å². The third-order valence-electron chi connectivity index (χ3n) is 4.92. The minimum absolute atomic E-state index is 0.282. The highest BCUT2D eigenvalue weighted by Crippen LogP contribution is 2.30. The summed E-state index contributed by atoms with van der Waals surface area (Å²) in [6, 6.07) is 20.5. The molecule has 0 atom stereocenters. The molecule has 0 aromatic heterocycles. The van der Waals surface area contributed by atoms with E-state index < -0.39 is 0 Å². The number of nitrogens with one attached hydrogen (secondary N) is 1. The Morgan fingerprint density at radius 2 is 1.72 bits per heavy atom. The number of carbonyl (C=O) groups is 1. The Labute approximate surface area is 188 Å². The van der Waals surface area contributed by atoms with Gasteiger partial charge in [-0.15, -0.1) is 0 Å². The number of amides is 1. The van der Waals surface area contributed by atoms with Gasteiger partial charge in [-0.2, -0.15) is 5.10 Å². The number of nitrogens with zero attached hydrogens (tertiary/aromatic N) is 1. The van der Waals surface area contributed by atoms with E-state index in [2.05, 4.69) is 30.4 Å². The van der Waals surface area contributed by atoms with Crippen LogP contribution in [0.25, 0.3) is 0 Å². The maximum atomic E-state index is 12.1. The number of hydrogen-bond donors (Lipinski definition) is 1. The normalized spacial score (nSPS) is 10.7. The van der Waals surface area contributed by atoms with Gasteiger partial charge >= 0.3 is 0 Å². The molecular formula is C26H28N2O4. The van der Waals surface area contributed by atoms with Crippen LogP contribution in [0.2, 0.25) is 0 Å². The number of hydrazone groups is 1. The van der Waals surface area contributed by atoms with E-state index in [0.717, 1.165) is 5.75 Å². The van der Waals surface area contributed by atoms with E-state index in [4.69, 9.17) is 14.2 Å². The number of rotatable bonds is 10. The van der Waals surface area contributed by atoms with Gasteiger partial charge in [0.2, 0.25) is 0 Å². The molecule has 32 heavy (non-hydrogen) atoms. The van der Waals surface area contributed by atoms with Gasteiger partial charge in [-0.25, -0.2) is 5.43 Å². The van der Waals surface area contributed by atoms with E-state index in [1.807, 2.05) is 36.4 Å². The second-order valence-electron chi connectivity index (χ2n) is 7.24. The van der Waals surface area contributed by atoms with Gasteiger partial charge in [-0.1, -0.05) is 30.3 Å². The predicted molar refractivity (Wildman–Crippen MR) is 126 cm³/mol. The summed E-state index contributed by atoms with van der Waals surface area (Å²) in [7, 11) is 1.59. The van der Waals surface area contributed by atoms with Crippen LogP contribution in [0.15, 0.2) is 71.8 Å². The molecule has 3 aromatic rings. The highest BCUT2D eigenvalue weighted by Gasteiger charge is 2.10. The van der Waals surface area contributed by atoms with E-state index in [9.17, 15) is 4.79 Å². The van der Waals surface area contributed by atoms with Crippen molar-refractivity contribution in [3.63, 3.8) is 0 Å². The van der Waals surface area contributed by atoms with E-state index in [-0.39, 0.29) is 5.91 Å². The first-order chi connectivity index (χ1) is 15.6. The number of para-hydroxylation sites is 1. The van der Waals surface area contributed by atoms with Crippen LogP contribution in [-0.4, -0.2) is 32.4 Å². The van der Waals surface area contributed by atoms with Crippen molar-refractivity contribution < 1.29 is 19.0 Å². The Balaban J connectivity index is 1.56. The van der Waals surface area contributed by atoms with Gasteiger partial charge in [0.15, 0.2) is 11.5 Å². The standard InChI is InChI=1S/C26H28N2O4/c1-19-13-14-23(17-20(19)2)31-15-8-16-32-25-22(11-7-12-24(25)30-3)18-27-28-26(29)21-9-5-4-6-10-21/h4-7,9-14,17-18H,8,15-16H2,1-3H3,(H,28,29)/b27-18-. The molecule has 0 fully saturated rings. The third-order valence-corrected chi connectivity index (χ3v) is 4.92. The lowest BCUT2D eigenvalue weighted by Gasteiger charge is -2.13. The second kappa shape index (κ2) is 11.6. The summed E-state index contributed by atoms with van der Waals surface area (Å²) < 4.78 is 17.2. The summed E-state index contributed by atoms with van der Waals surface area (Å²) in [5, 5.41) is 4.07. The minimum atomic E-state index is -0.282. The molecule has 0 aliphatic heterocycles. The molecule has 166 valence electrons. The van der Waals surface area contributed by atoms with Crippen molar-refractivity contribution in [1.29, 1.82) is 0 Å². The topological polar surface area (TPSA) is 69.2 Å². The lowest BCUT2D eigenvalue weighted by Crippen LogP contribution is -2.17. The van der Waals surface area contributed by atoms with Crippen molar-refractivity contribution in [2.24, 2.45) is 5.10 Å². The zero-order valence-electron chi connectivity index (χ0n) is 18.6. The van der Waals surface area contributed by atoms with Crippen molar-refractivity contribution in [3.8, 4) is 17.2 Å². The SMILES string of the molecule is COc1cccc(/C=N\NC(=O)c2ccccc2)c1OCCCOc1ccc(C)c(C)c1. The van der Waals surface area contributed by atoms with Crippen LogP contribution in [0, 0.1) is 13.8 Å². The molecule has 0 aliphatic carbocycles. The Morgan fingerprint density at radius 3 is 2.47 bits per heavy atom. The van der Waals surface area contributed by atoms with Gasteiger partial charge in [0.05, 0.1) is 26.5 Å². The number of ether oxygens (including phenoxy) is 3. The molecule has 0 aliphatic rings. The largest absolute Gasteiger partial charge is 0.493 e. The van der Waals surface area contributed by atoms with Crippen LogP contribution in [-0.2, 0) is 0 Å². The summed E-state index contributed by atoms with van der Waals surface area (Å²) in [5.41, 5.74) is 6.21. The van der Waals surface area contributed by atoms with E-state index in [1.165, 1.54) is 11.1 Å². The minimum Gasteiger partial charge on any atom is -0.493 e. The molecule has 0 saturated heterocycles. The molecule has 3 rings (SSSR count). The molecule has 0 unspecified atom stereocenters. The van der Waals surface area contributed by atoms with E-state index >= 15 is 0 Å². The number of methoxy groups -OCH3 is 1. The molecule has 1 N–H and O–H groups in total. The molecule has 3 aromatic carbocycles. The molecule has 0 spiro atoms. The highest BCUT2D eigenvalue weighted by molar-refractivity contribution is 5.95. The summed E-state index contributed by atoms with van der Waals surface area (Å²) in [6.07, 6.45) is 2.25. The molecule has 0 saturated carbocycles. The van der Waals surface area contributed by atoms with Gasteiger partial charge in [0, 0.05) is 17.5 Å². The van der Waals surface area contributed by atoms with E-state index in [1.54, 1.807) is 37.6 Å². The average Bonchev–Trinajstić information content (AvgIpc) is 2.82. The maximum Gasteiger partial charge on any atom is 0.271 e. The van der Waals surface area contributed by atoms with Crippen molar-refractivity contribution in [2.45, 2.75) is 20.3 Å². The summed E-state index contributed by atoms with van der Waals surface area (Å²) in [4.78, 5) is 12.1. The van der Waals surface area contributed by atoms with Gasteiger partial charge < -0.3 is 14.2 Å². The summed E-state index contributed by atoms with van der Waals surface area (Å²) in [6.45, 7) is 5.13. The Kier molecular flexibility index (Phi) is 8.26. The summed E-state index contributed by atoms with van der Waals surface area (Å²) >= 11 is 0. The first-order valence-electron chi connectivity index (χ1n) is 10.5. The monoisotopic (exact) mass is 432 g/mol. The lowest BCUT2D eigenvalue weighted by atomic mass is 10.1. The van der Waals surface area contributed by atoms with Crippen LogP contribution in [0.3, 0.4) is 0 Å². The first-order valence-corrected chi connectivity index (χ1v) is 10.5. The van der Waals surface area contributed by atoms with Gasteiger partial charge in [-0.05, 0) is 61.4 Å². The Morgan fingerprint density at radius 1 is 0.938 bits per heavy atom. The maximum absolute atomic E-state index is 12.1. The van der Waals surface area contributed by atoms with Crippen molar-refractivity contribution in [1.82, 2.24) is 5.43 Å². The highest BCUT2D eigenvalue weighted by atomic mass is 16.5. The fourth-order valence-electron chi connectivity index (χ4n) is 2.99. The molecule has 0 radical (unpaired) electrons. The third kappa shape index (κ3) is 6.35. The molecular weight excluding hydrogens is 404 g/mol. The zero-order valence-corrected chi connectivity index (χ0v) is 18.6.